The molecule has 0 bridgehead atoms. The van der Waals surface area contributed by atoms with Crippen LogP contribution >= 0.6 is 0 Å². The highest BCUT2D eigenvalue weighted by atomic mass is 14.6. The van der Waals surface area contributed by atoms with E-state index in [0.29, 0.717) is 0 Å². The minimum Gasteiger partial charge on any atom is -0.296 e. The maximum Gasteiger partial charge on any atom is 0.0286 e. The monoisotopic (exact) mass is 207 g/mol. The van der Waals surface area contributed by atoms with Gasteiger partial charge in [-0.05, 0) is 43.0 Å². The molecule has 15 heavy (non-hydrogen) atoms. The molecule has 1 heteroatoms. The fourth-order valence-corrected chi connectivity index (χ4v) is 1.30. The Morgan fingerprint density at radius 3 is 2.07 bits per heavy atom. The quantitative estimate of drug-likeness (QED) is 0.608. The molecule has 0 saturated carbocycles. The lowest BCUT2D eigenvalue weighted by atomic mass is 9.99. The Morgan fingerprint density at radius 1 is 1.13 bits per heavy atom. The molecular weight excluding hydrogens is 182 g/mol. The largest absolute Gasteiger partial charge is 0.296 e. The summed E-state index contributed by atoms with van der Waals surface area (Å²) in [6.45, 7) is 10.6. The molecule has 0 fully saturated rings. The van der Waals surface area contributed by atoms with Crippen LogP contribution in [0.25, 0.3) is 0 Å². The number of hydrogen-bond acceptors (Lipinski definition) is 1. The van der Waals surface area contributed by atoms with Crippen molar-refractivity contribution < 1.29 is 1.43 Å². The van der Waals surface area contributed by atoms with Gasteiger partial charge in [0, 0.05) is 14.7 Å². The third-order valence-electron chi connectivity index (χ3n) is 2.26. The van der Waals surface area contributed by atoms with Gasteiger partial charge in [0.1, 0.15) is 0 Å². The summed E-state index contributed by atoms with van der Waals surface area (Å²) >= 11 is 0. The molecule has 0 N–H and O–H groups in total. The Bertz CT molecular complexity index is 330. The van der Waals surface area contributed by atoms with Gasteiger partial charge >= 0.3 is 0 Å². The Hall–Kier alpha value is -1.11. The third-order valence-corrected chi connectivity index (χ3v) is 2.26. The summed E-state index contributed by atoms with van der Waals surface area (Å²) < 4.78 is 0. The fourth-order valence-electron chi connectivity index (χ4n) is 1.30. The summed E-state index contributed by atoms with van der Waals surface area (Å²) in [7, 11) is 1.81. The lowest BCUT2D eigenvalue weighted by molar-refractivity contribution is 1.09. The van der Waals surface area contributed by atoms with E-state index in [9.17, 15) is 0 Å². The predicted molar refractivity (Wildman–Crippen MR) is 72.3 cm³/mol. The van der Waals surface area contributed by atoms with Crippen molar-refractivity contribution in [2.24, 2.45) is 4.99 Å². The van der Waals surface area contributed by atoms with E-state index in [2.05, 4.69) is 51.7 Å². The first-order chi connectivity index (χ1) is 7.08. The van der Waals surface area contributed by atoms with Crippen molar-refractivity contribution in [1.82, 2.24) is 0 Å². The molecule has 1 aromatic carbocycles. The smallest absolute Gasteiger partial charge is 0.0286 e. The van der Waals surface area contributed by atoms with Crippen LogP contribution in [0.4, 0.5) is 0 Å². The molecule has 0 unspecified atom stereocenters. The van der Waals surface area contributed by atoms with Crippen molar-refractivity contribution in [3.05, 3.63) is 34.4 Å². The molecule has 0 atom stereocenters. The van der Waals surface area contributed by atoms with Gasteiger partial charge in [0.2, 0.25) is 0 Å². The van der Waals surface area contributed by atoms with Crippen LogP contribution < -0.4 is 0 Å². The number of nitrogens with zero attached hydrogens (tertiary/aromatic N) is 1. The average molecular weight is 207 g/mol. The normalized spacial score (nSPS) is 10.0. The van der Waals surface area contributed by atoms with Crippen molar-refractivity contribution in [2.45, 2.75) is 41.0 Å². The second kappa shape index (κ2) is 7.22. The zero-order valence-electron chi connectivity index (χ0n) is 10.9. The van der Waals surface area contributed by atoms with E-state index in [1.165, 1.54) is 28.7 Å². The van der Waals surface area contributed by atoms with Crippen LogP contribution in [0.3, 0.4) is 0 Å². The van der Waals surface area contributed by atoms with Crippen LogP contribution in [0, 0.1) is 20.8 Å². The van der Waals surface area contributed by atoms with Crippen LogP contribution in [0.1, 0.15) is 43.9 Å². The van der Waals surface area contributed by atoms with Gasteiger partial charge in [0.25, 0.3) is 0 Å². The SMILES string of the molecule is CCC.CN=Cc1c(C)ccc(C)c1C.[HH]. The Balaban J connectivity index is 0. The maximum absolute atomic E-state index is 4.04. The van der Waals surface area contributed by atoms with E-state index in [4.69, 9.17) is 0 Å². The predicted octanol–water partition coefficient (Wildman–Crippen LogP) is 4.32. The Kier molecular flexibility index (Phi) is 6.68. The molecule has 1 rings (SSSR count). The topological polar surface area (TPSA) is 12.4 Å². The molecule has 0 aliphatic rings. The molecule has 86 valence electrons. The minimum absolute atomic E-state index is 0. The van der Waals surface area contributed by atoms with Gasteiger partial charge in [-0.3, -0.25) is 4.99 Å². The molecule has 1 aromatic rings. The first-order valence-electron chi connectivity index (χ1n) is 5.57. The zero-order chi connectivity index (χ0) is 11.8. The molecule has 1 nitrogen and oxygen atoms in total. The van der Waals surface area contributed by atoms with E-state index in [0.717, 1.165) is 0 Å². The van der Waals surface area contributed by atoms with Crippen molar-refractivity contribution in [3.8, 4) is 0 Å². The maximum atomic E-state index is 4.04. The summed E-state index contributed by atoms with van der Waals surface area (Å²) in [6.07, 6.45) is 3.18. The molecule has 0 aromatic heterocycles. The van der Waals surface area contributed by atoms with Crippen LogP contribution in [0.15, 0.2) is 17.1 Å². The summed E-state index contributed by atoms with van der Waals surface area (Å²) in [5.41, 5.74) is 5.22. The number of rotatable bonds is 1. The van der Waals surface area contributed by atoms with Crippen LogP contribution in [-0.4, -0.2) is 13.3 Å². The van der Waals surface area contributed by atoms with Crippen molar-refractivity contribution >= 4 is 6.21 Å². The summed E-state index contributed by atoms with van der Waals surface area (Å²) in [5, 5.41) is 0. The highest BCUT2D eigenvalue weighted by molar-refractivity contribution is 5.84. The molecule has 0 saturated heterocycles. The fraction of sp³-hybridized carbons (Fsp3) is 0.500. The lowest BCUT2D eigenvalue weighted by Gasteiger charge is -2.06. The highest BCUT2D eigenvalue weighted by Gasteiger charge is 2.00. The van der Waals surface area contributed by atoms with E-state index in [1.807, 2.05) is 6.21 Å². The van der Waals surface area contributed by atoms with Gasteiger partial charge in [-0.25, -0.2) is 0 Å². The average Bonchev–Trinajstić information content (AvgIpc) is 2.20. The molecule has 0 spiro atoms. The summed E-state index contributed by atoms with van der Waals surface area (Å²) in [5.74, 6) is 0. The van der Waals surface area contributed by atoms with E-state index >= 15 is 0 Å². The third kappa shape index (κ3) is 4.28. The van der Waals surface area contributed by atoms with Gasteiger partial charge in [-0.2, -0.15) is 0 Å². The van der Waals surface area contributed by atoms with Crippen LogP contribution in [-0.2, 0) is 0 Å². The Labute approximate surface area is 95.7 Å². The van der Waals surface area contributed by atoms with Gasteiger partial charge < -0.3 is 0 Å². The summed E-state index contributed by atoms with van der Waals surface area (Å²) in [6, 6.07) is 4.29. The molecule has 0 heterocycles. The van der Waals surface area contributed by atoms with E-state index in [-0.39, 0.29) is 1.43 Å². The van der Waals surface area contributed by atoms with E-state index in [1.54, 1.807) is 7.05 Å². The number of aryl methyl sites for hydroxylation is 2. The van der Waals surface area contributed by atoms with Crippen molar-refractivity contribution in [2.75, 3.05) is 7.05 Å². The standard InChI is InChI=1S/C11H15N.C3H8.H2/c1-8-5-6-9(2)11(7-12-4)10(8)3;1-3-2;/h5-7H,1-4H3;3H2,1-2H3;1H. The highest BCUT2D eigenvalue weighted by Crippen LogP contribution is 2.15. The van der Waals surface area contributed by atoms with Crippen LogP contribution in [0.2, 0.25) is 0 Å². The number of aliphatic imine (C=N–C) groups is 1. The van der Waals surface area contributed by atoms with Gasteiger partial charge in [0.05, 0.1) is 0 Å². The van der Waals surface area contributed by atoms with Gasteiger partial charge in [0.15, 0.2) is 0 Å². The molecule has 0 aliphatic carbocycles. The first-order valence-corrected chi connectivity index (χ1v) is 5.57. The first kappa shape index (κ1) is 13.9. The Morgan fingerprint density at radius 2 is 1.60 bits per heavy atom. The second-order valence-electron chi connectivity index (χ2n) is 3.83. The summed E-state index contributed by atoms with van der Waals surface area (Å²) in [4.78, 5) is 4.04. The van der Waals surface area contributed by atoms with Crippen molar-refractivity contribution in [1.29, 1.82) is 0 Å². The molecule has 0 radical (unpaired) electrons. The number of hydrogen-bond donors (Lipinski definition) is 0. The molecule has 0 amide bonds. The van der Waals surface area contributed by atoms with Gasteiger partial charge in [-0.15, -0.1) is 0 Å². The zero-order valence-corrected chi connectivity index (χ0v) is 10.9. The van der Waals surface area contributed by atoms with Crippen molar-refractivity contribution in [3.63, 3.8) is 0 Å². The van der Waals surface area contributed by atoms with Crippen LogP contribution in [0.5, 0.6) is 0 Å². The second-order valence-corrected chi connectivity index (χ2v) is 3.83. The van der Waals surface area contributed by atoms with Gasteiger partial charge in [-0.1, -0.05) is 32.4 Å². The van der Waals surface area contributed by atoms with E-state index < -0.39 is 0 Å². The number of benzene rings is 1. The lowest BCUT2D eigenvalue weighted by Crippen LogP contribution is -1.94. The minimum atomic E-state index is 0. The molecule has 0 aliphatic heterocycles. The molecular formula is C14H25N.